The van der Waals surface area contributed by atoms with Crippen molar-refractivity contribution in [2.24, 2.45) is 10.8 Å². The number of aliphatic hydroxyl groups is 1. The molecule has 1 heterocycles. The third kappa shape index (κ3) is 3.79. The van der Waals surface area contributed by atoms with Gasteiger partial charge in [-0.3, -0.25) is 0 Å². The summed E-state index contributed by atoms with van der Waals surface area (Å²) in [5.74, 6) is -0.608. The molecule has 0 amide bonds. The van der Waals surface area contributed by atoms with Gasteiger partial charge in [0.1, 0.15) is 0 Å². The van der Waals surface area contributed by atoms with E-state index in [9.17, 15) is 5.11 Å². The summed E-state index contributed by atoms with van der Waals surface area (Å²) in [6, 6.07) is 0. The fourth-order valence-electron chi connectivity index (χ4n) is 4.59. The molecule has 1 saturated heterocycles. The lowest BCUT2D eigenvalue weighted by molar-refractivity contribution is -0.299. The van der Waals surface area contributed by atoms with Crippen molar-refractivity contribution in [1.82, 2.24) is 0 Å². The Morgan fingerprint density at radius 2 is 1.69 bits per heavy atom. The van der Waals surface area contributed by atoms with Gasteiger partial charge in [0.05, 0.1) is 19.3 Å². The number of hydrogen-bond donors (Lipinski definition) is 1. The van der Waals surface area contributed by atoms with Crippen molar-refractivity contribution in [3.63, 3.8) is 0 Å². The molecule has 0 bridgehead atoms. The van der Waals surface area contributed by atoms with Crippen LogP contribution in [0.3, 0.4) is 0 Å². The third-order valence-corrected chi connectivity index (χ3v) is 12.3. The second-order valence-electron chi connectivity index (χ2n) is 10.5. The van der Waals surface area contributed by atoms with Gasteiger partial charge in [-0.05, 0) is 49.2 Å². The van der Waals surface area contributed by atoms with Crippen LogP contribution in [0.2, 0.25) is 18.1 Å². The first-order valence-corrected chi connectivity index (χ1v) is 13.3. The van der Waals surface area contributed by atoms with Gasteiger partial charge < -0.3 is 19.0 Å². The summed E-state index contributed by atoms with van der Waals surface area (Å²) in [6.07, 6.45) is 4.37. The molecule has 5 heteroatoms. The molecule has 1 aliphatic heterocycles. The smallest absolute Gasteiger partial charge is 0.191 e. The Bertz CT molecular complexity index is 477. The van der Waals surface area contributed by atoms with E-state index < -0.39 is 25.6 Å². The molecule has 1 N–H and O–H groups in total. The van der Waals surface area contributed by atoms with Crippen molar-refractivity contribution >= 4 is 8.32 Å². The lowest BCUT2D eigenvalue weighted by Gasteiger charge is -2.57. The molecule has 2 atom stereocenters. The molecule has 26 heavy (non-hydrogen) atoms. The topological polar surface area (TPSA) is 47.9 Å². The van der Waals surface area contributed by atoms with Crippen molar-refractivity contribution in [1.29, 1.82) is 0 Å². The minimum Gasteiger partial charge on any atom is -0.417 e. The van der Waals surface area contributed by atoms with Crippen LogP contribution in [0, 0.1) is 10.8 Å². The first-order valence-electron chi connectivity index (χ1n) is 10.4. The van der Waals surface area contributed by atoms with Crippen molar-refractivity contribution < 1.29 is 19.0 Å². The summed E-state index contributed by atoms with van der Waals surface area (Å²) < 4.78 is 18.4. The molecule has 2 unspecified atom stereocenters. The SMILES string of the molecule is CCC1(CCCO[Si](C)(C)C(C)(C)C)CCC2(OCCO2)C(C)(C)C1O. The standard InChI is InChI=1S/C21H42O4Si/c1-9-20(11-10-14-25-26(7,8)18(2,3)4)12-13-21(23-15-16-24-21)19(5,6)17(20)22/h17,22H,9-16H2,1-8H3. The van der Waals surface area contributed by atoms with E-state index in [0.717, 1.165) is 38.7 Å². The van der Waals surface area contributed by atoms with Crippen molar-refractivity contribution in [3.05, 3.63) is 0 Å². The molecule has 0 radical (unpaired) electrons. The average Bonchev–Trinajstić information content (AvgIpc) is 3.02. The second kappa shape index (κ2) is 7.47. The summed E-state index contributed by atoms with van der Waals surface area (Å²) in [4.78, 5) is 0. The number of hydrogen-bond acceptors (Lipinski definition) is 4. The molecule has 1 saturated carbocycles. The zero-order valence-electron chi connectivity index (χ0n) is 18.4. The summed E-state index contributed by atoms with van der Waals surface area (Å²) in [5.41, 5.74) is -0.473. The Kier molecular flexibility index (Phi) is 6.42. The first kappa shape index (κ1) is 22.3. The summed E-state index contributed by atoms with van der Waals surface area (Å²) >= 11 is 0. The van der Waals surface area contributed by atoms with Gasteiger partial charge >= 0.3 is 0 Å². The van der Waals surface area contributed by atoms with Crippen LogP contribution in [0.15, 0.2) is 0 Å². The Balaban J connectivity index is 2.01. The Hall–Kier alpha value is 0.0569. The fourth-order valence-corrected chi connectivity index (χ4v) is 5.68. The van der Waals surface area contributed by atoms with Crippen molar-refractivity contribution in [3.8, 4) is 0 Å². The monoisotopic (exact) mass is 386 g/mol. The minimum atomic E-state index is -1.70. The predicted octanol–water partition coefficient (Wildman–Crippen LogP) is 5.11. The lowest BCUT2D eigenvalue weighted by Crippen LogP contribution is -2.62. The highest BCUT2D eigenvalue weighted by atomic mass is 28.4. The van der Waals surface area contributed by atoms with Gasteiger partial charge in [-0.2, -0.15) is 0 Å². The van der Waals surface area contributed by atoms with E-state index in [1.54, 1.807) is 0 Å². The van der Waals surface area contributed by atoms with E-state index in [1.165, 1.54) is 0 Å². The lowest BCUT2D eigenvalue weighted by atomic mass is 9.56. The van der Waals surface area contributed by atoms with Gasteiger partial charge in [0, 0.05) is 18.4 Å². The van der Waals surface area contributed by atoms with Gasteiger partial charge in [-0.15, -0.1) is 0 Å². The molecule has 1 spiro atoms. The second-order valence-corrected chi connectivity index (χ2v) is 15.3. The molecule has 2 aliphatic rings. The summed E-state index contributed by atoms with van der Waals surface area (Å²) in [5, 5.41) is 11.6. The van der Waals surface area contributed by atoms with Crippen LogP contribution in [0.25, 0.3) is 0 Å². The Morgan fingerprint density at radius 3 is 2.19 bits per heavy atom. The van der Waals surface area contributed by atoms with Crippen LogP contribution in [0.4, 0.5) is 0 Å². The van der Waals surface area contributed by atoms with Gasteiger partial charge in [0.15, 0.2) is 14.1 Å². The predicted molar refractivity (Wildman–Crippen MR) is 109 cm³/mol. The van der Waals surface area contributed by atoms with E-state index in [2.05, 4.69) is 54.6 Å². The molecule has 2 fully saturated rings. The van der Waals surface area contributed by atoms with Gasteiger partial charge in [0.2, 0.25) is 0 Å². The van der Waals surface area contributed by atoms with Crippen LogP contribution in [0.5, 0.6) is 0 Å². The van der Waals surface area contributed by atoms with Crippen molar-refractivity contribution in [2.75, 3.05) is 19.8 Å². The fraction of sp³-hybridized carbons (Fsp3) is 1.00. The maximum absolute atomic E-state index is 11.4. The van der Waals surface area contributed by atoms with Gasteiger partial charge in [0.25, 0.3) is 0 Å². The van der Waals surface area contributed by atoms with E-state index in [1.807, 2.05) is 0 Å². The zero-order chi connectivity index (χ0) is 19.9. The summed E-state index contributed by atoms with van der Waals surface area (Å²) in [7, 11) is -1.70. The van der Waals surface area contributed by atoms with E-state index in [-0.39, 0.29) is 10.5 Å². The normalized spacial score (nSPS) is 31.5. The number of ether oxygens (including phenoxy) is 2. The summed E-state index contributed by atoms with van der Waals surface area (Å²) in [6.45, 7) is 19.9. The molecular formula is C21H42O4Si. The molecule has 4 nitrogen and oxygen atoms in total. The quantitative estimate of drug-likeness (QED) is 0.509. The highest BCUT2D eigenvalue weighted by Crippen LogP contribution is 2.57. The molecule has 1 aliphatic carbocycles. The van der Waals surface area contributed by atoms with Crippen LogP contribution >= 0.6 is 0 Å². The molecule has 0 aromatic heterocycles. The third-order valence-electron chi connectivity index (χ3n) is 7.74. The van der Waals surface area contributed by atoms with E-state index >= 15 is 0 Å². The van der Waals surface area contributed by atoms with Gasteiger partial charge in [-0.1, -0.05) is 41.5 Å². The maximum Gasteiger partial charge on any atom is 0.191 e. The highest BCUT2D eigenvalue weighted by Gasteiger charge is 2.62. The first-order chi connectivity index (χ1) is 11.8. The Morgan fingerprint density at radius 1 is 1.12 bits per heavy atom. The minimum absolute atomic E-state index is 0.0686. The molecular weight excluding hydrogens is 344 g/mol. The molecule has 154 valence electrons. The molecule has 2 rings (SSSR count). The van der Waals surface area contributed by atoms with E-state index in [0.29, 0.717) is 13.2 Å². The molecule has 0 aromatic rings. The maximum atomic E-state index is 11.4. The zero-order valence-corrected chi connectivity index (χ0v) is 19.4. The van der Waals surface area contributed by atoms with Crippen LogP contribution in [-0.4, -0.2) is 45.1 Å². The Labute approximate surface area is 162 Å². The van der Waals surface area contributed by atoms with Crippen molar-refractivity contribution in [2.45, 2.75) is 104 Å². The number of rotatable bonds is 6. The largest absolute Gasteiger partial charge is 0.417 e. The number of aliphatic hydroxyl groups excluding tert-OH is 1. The molecule has 0 aromatic carbocycles. The average molecular weight is 387 g/mol. The van der Waals surface area contributed by atoms with Crippen LogP contribution < -0.4 is 0 Å². The van der Waals surface area contributed by atoms with Crippen LogP contribution in [-0.2, 0) is 13.9 Å². The van der Waals surface area contributed by atoms with Gasteiger partial charge in [-0.25, -0.2) is 0 Å². The highest BCUT2D eigenvalue weighted by molar-refractivity contribution is 6.74. The van der Waals surface area contributed by atoms with Crippen LogP contribution in [0.1, 0.15) is 73.6 Å². The van der Waals surface area contributed by atoms with E-state index in [4.69, 9.17) is 13.9 Å².